The quantitative estimate of drug-likeness (QED) is 0.0736. The SMILES string of the molecule is C=CC(=O)N1CCN(c2nc(=O)n(-c3c(C4CC4)ncnc3C3CC3)c3nc(-c4ccccc4F)c(Cl)cc23)[C@@H](C)C1.C=CC(=O)N1CCN(c2nc(=O)n(-c3ncccc3C(C)C)c3nc(-c4c(O)cccc4F)c(Cl)cc23)[C@@H](C)C1.C=CC(=O)N1CCN(c2nc(=O)n(CC3CCN(C(=O)OC(C)(C)C)CC3)c3nc(Cl)c(Cl)cc23)[C@@H](C)C1. The van der Waals surface area contributed by atoms with Gasteiger partial charge in [0.25, 0.3) is 0 Å². The highest BCUT2D eigenvalue weighted by atomic mass is 35.5. The third kappa shape index (κ3) is 17.5. The molecule has 2 aliphatic carbocycles. The number of piperazine rings is 3. The molecule has 4 aliphatic heterocycles. The van der Waals surface area contributed by atoms with Gasteiger partial charge < -0.3 is 44.1 Å². The van der Waals surface area contributed by atoms with E-state index < -0.39 is 34.3 Å². The maximum Gasteiger partial charge on any atom is 0.410 e. The molecule has 3 atom stereocenters. The van der Waals surface area contributed by atoms with E-state index in [1.165, 1.54) is 51.6 Å². The van der Waals surface area contributed by atoms with Crippen LogP contribution in [0.1, 0.15) is 129 Å². The third-order valence-corrected chi connectivity index (χ3v) is 23.6. The maximum absolute atomic E-state index is 15.0. The van der Waals surface area contributed by atoms with Gasteiger partial charge in [-0.05, 0) is 164 Å². The molecule has 12 heterocycles. The molecule has 6 fully saturated rings. The fraction of sp³-hybridized carbons (Fsp3) is 0.395. The van der Waals surface area contributed by atoms with Crippen molar-refractivity contribution in [2.45, 2.75) is 142 Å². The van der Waals surface area contributed by atoms with Crippen molar-refractivity contribution in [3.8, 4) is 39.8 Å². The molecule has 10 aromatic rings. The molecule has 0 unspecified atom stereocenters. The van der Waals surface area contributed by atoms with Crippen LogP contribution in [0.2, 0.25) is 20.2 Å². The first-order valence-electron chi connectivity index (χ1n) is 39.9. The summed E-state index contributed by atoms with van der Waals surface area (Å²) in [7, 11) is 0. The Morgan fingerprint density at radius 2 is 1.02 bits per heavy atom. The minimum Gasteiger partial charge on any atom is -0.507 e. The number of ether oxygens (including phenoxy) is 1. The number of hydrogen-bond donors (Lipinski definition) is 1. The number of phenols is 1. The predicted octanol–water partition coefficient (Wildman–Crippen LogP) is 13.7. The number of fused-ring (bicyclic) bond motifs is 3. The second-order valence-corrected chi connectivity index (χ2v) is 33.8. The number of amides is 4. The Morgan fingerprint density at radius 3 is 1.51 bits per heavy atom. The first-order valence-corrected chi connectivity index (χ1v) is 41.4. The lowest BCUT2D eigenvalue weighted by molar-refractivity contribution is -0.127. The lowest BCUT2D eigenvalue weighted by Gasteiger charge is -2.40. The summed E-state index contributed by atoms with van der Waals surface area (Å²) in [5, 5.41) is 12.8. The van der Waals surface area contributed by atoms with E-state index in [4.69, 9.17) is 56.1 Å². The number of rotatable bonds is 15. The summed E-state index contributed by atoms with van der Waals surface area (Å²) in [6.45, 7) is 31.6. The topological polar surface area (TPSA) is 302 Å². The molecule has 2 aromatic carbocycles. The van der Waals surface area contributed by atoms with Crippen LogP contribution in [0.3, 0.4) is 0 Å². The number of carbonyl (C=O) groups excluding carboxylic acids is 4. The molecule has 4 saturated heterocycles. The van der Waals surface area contributed by atoms with E-state index >= 15 is 4.39 Å². The number of phenolic OH excluding ortho intramolecular Hbond substituents is 1. The van der Waals surface area contributed by atoms with Gasteiger partial charge >= 0.3 is 23.2 Å². The van der Waals surface area contributed by atoms with Crippen LogP contribution in [0.25, 0.3) is 67.1 Å². The van der Waals surface area contributed by atoms with Gasteiger partial charge in [-0.25, -0.2) is 67.0 Å². The first kappa shape index (κ1) is 85.1. The van der Waals surface area contributed by atoms with Gasteiger partial charge in [-0.2, -0.15) is 15.0 Å². The van der Waals surface area contributed by atoms with Crippen LogP contribution in [0.4, 0.5) is 31.0 Å². The number of halogens is 6. The van der Waals surface area contributed by atoms with Crippen molar-refractivity contribution in [3.63, 3.8) is 0 Å². The summed E-state index contributed by atoms with van der Waals surface area (Å²) < 4.78 is 39.8. The Kier molecular flexibility index (Phi) is 24.9. The van der Waals surface area contributed by atoms with E-state index in [1.54, 1.807) is 79.2 Å². The summed E-state index contributed by atoms with van der Waals surface area (Å²) in [5.74, 6) is 0.264. The fourth-order valence-corrected chi connectivity index (χ4v) is 16.8. The van der Waals surface area contributed by atoms with Crippen molar-refractivity contribution in [1.82, 2.24) is 78.2 Å². The molecule has 4 amide bonds. The van der Waals surface area contributed by atoms with Crippen LogP contribution in [-0.2, 0) is 25.7 Å². The van der Waals surface area contributed by atoms with Gasteiger partial charge in [0.15, 0.2) is 11.3 Å². The second-order valence-electron chi connectivity index (χ2n) is 32.2. The average Bonchev–Trinajstić information content (AvgIpc) is 1.32. The number of aromatic hydroxyl groups is 1. The van der Waals surface area contributed by atoms with Crippen LogP contribution in [0, 0.1) is 17.6 Å². The van der Waals surface area contributed by atoms with E-state index in [-0.39, 0.29) is 120 Å². The number of anilines is 3. The number of likely N-dealkylation sites (tertiary alicyclic amines) is 1. The highest BCUT2D eigenvalue weighted by molar-refractivity contribution is 6.42. The van der Waals surface area contributed by atoms with E-state index in [1.807, 2.05) is 76.2 Å². The number of nitrogens with zero attached hydrogens (tertiary/aromatic N) is 19. The maximum atomic E-state index is 15.0. The van der Waals surface area contributed by atoms with Gasteiger partial charge in [-0.1, -0.05) is 104 Å². The Hall–Kier alpha value is -11.3. The highest BCUT2D eigenvalue weighted by Gasteiger charge is 2.40. The molecule has 0 radical (unpaired) electrons. The number of hydrogen-bond acceptors (Lipinski definition) is 21. The largest absolute Gasteiger partial charge is 0.507 e. The van der Waals surface area contributed by atoms with Gasteiger partial charge in [0.1, 0.15) is 63.4 Å². The lowest BCUT2D eigenvalue weighted by atomic mass is 9.97. The molecule has 1 N–H and O–H groups in total. The Bertz CT molecular complexity index is 5900. The van der Waals surface area contributed by atoms with E-state index in [0.29, 0.717) is 148 Å². The van der Waals surface area contributed by atoms with E-state index in [9.17, 15) is 43.1 Å². The summed E-state index contributed by atoms with van der Waals surface area (Å²) in [6, 6.07) is 18.4. The summed E-state index contributed by atoms with van der Waals surface area (Å²) in [5.41, 5.74) is 2.12. The molecular weight excluding hydrogens is 1620 g/mol. The summed E-state index contributed by atoms with van der Waals surface area (Å²) in [4.78, 5) is 145. The first-order chi connectivity index (χ1) is 57.3. The lowest BCUT2D eigenvalue weighted by Crippen LogP contribution is -2.54. The fourth-order valence-electron chi connectivity index (χ4n) is 16.0. The Morgan fingerprint density at radius 1 is 0.542 bits per heavy atom. The van der Waals surface area contributed by atoms with Crippen LogP contribution in [-0.4, -0.2) is 203 Å². The minimum atomic E-state index is -0.714. The van der Waals surface area contributed by atoms with Crippen molar-refractivity contribution in [1.29, 1.82) is 0 Å². The van der Waals surface area contributed by atoms with Crippen molar-refractivity contribution < 1.29 is 37.8 Å². The van der Waals surface area contributed by atoms with Crippen LogP contribution < -0.4 is 31.8 Å². The number of benzene rings is 2. The minimum absolute atomic E-state index is 0.0169. The van der Waals surface area contributed by atoms with Gasteiger partial charge in [0.05, 0.1) is 65.3 Å². The zero-order chi connectivity index (χ0) is 85.6. The number of aromatic nitrogens is 12. The molecule has 34 heteroatoms. The Balaban J connectivity index is 0.000000148. The molecule has 8 aromatic heterocycles. The zero-order valence-corrected chi connectivity index (χ0v) is 70.7. The van der Waals surface area contributed by atoms with Gasteiger partial charge in [-0.15, -0.1) is 0 Å². The van der Waals surface area contributed by atoms with Gasteiger partial charge in [0, 0.05) is 120 Å². The molecule has 2 saturated carbocycles. The number of carbonyl (C=O) groups is 4. The van der Waals surface area contributed by atoms with Crippen molar-refractivity contribution >= 4 is 121 Å². The monoisotopic (exact) mass is 1710 g/mol. The number of piperidine rings is 1. The van der Waals surface area contributed by atoms with Gasteiger partial charge in [-0.3, -0.25) is 19.0 Å². The Labute approximate surface area is 710 Å². The molecule has 0 spiro atoms. The standard InChI is InChI=1S/C31H29ClFN7O2.C29H28ClFN6O3.C26H34Cl2N6O4/c1-3-24(41)38-12-13-39(17(2)15-38)29-21-14-22(32)27(20-6-4-5-7-23(20)33)36-30(21)40(31(42)37-29)28-25(18-8-9-18)34-16-35-26(28)19-10-11-19;1-5-23(39)35-12-13-36(17(4)15-35)27-19-14-20(30)25(24-21(31)9-6-10-22(24)38)33-28(19)37(29(40)34-27)26-18(16(2)3)8-7-11-32-26;1-6-20(35)32-11-12-33(16(2)14-32)23-18-13-19(27)21(28)29-22(18)34(24(36)30-23)15-17-7-9-31(10-8-17)25(37)38-26(3,4)5/h3-7,14,16-19H,1,8-13,15H2,2H3;5-11,14,16-17,38H,1,12-13,15H2,2-4H3;6,13,16-17H,1,7-12,14-15H2,2-5H3/t2*17-;16-/m000/s1. The molecule has 6 aliphatic rings. The average molecular weight is 1710 g/mol. The van der Waals surface area contributed by atoms with E-state index in [0.717, 1.165) is 42.6 Å². The van der Waals surface area contributed by atoms with Crippen molar-refractivity contribution in [2.24, 2.45) is 5.92 Å². The molecule has 28 nitrogen and oxygen atoms in total. The summed E-state index contributed by atoms with van der Waals surface area (Å²) >= 11 is 26.1. The normalized spacial score (nSPS) is 17.9. The molecule has 0 bridgehead atoms. The zero-order valence-electron chi connectivity index (χ0n) is 67.7. The van der Waals surface area contributed by atoms with E-state index in [2.05, 4.69) is 59.6 Å². The molecule has 16 rings (SSSR count). The third-order valence-electron chi connectivity index (χ3n) is 22.3. The van der Waals surface area contributed by atoms with Gasteiger partial charge in [0.2, 0.25) is 17.7 Å². The van der Waals surface area contributed by atoms with Crippen molar-refractivity contribution in [3.05, 3.63) is 204 Å². The predicted molar refractivity (Wildman–Crippen MR) is 459 cm³/mol. The van der Waals surface area contributed by atoms with Crippen molar-refractivity contribution in [2.75, 3.05) is 86.7 Å². The molecule has 120 heavy (non-hydrogen) atoms. The molecular formula is C86H91Cl4F2N19O9. The second kappa shape index (κ2) is 35.2. The molecule has 626 valence electrons. The smallest absolute Gasteiger partial charge is 0.410 e. The van der Waals surface area contributed by atoms with Crippen LogP contribution in [0.5, 0.6) is 5.75 Å². The summed E-state index contributed by atoms with van der Waals surface area (Å²) in [6.07, 6.45) is 12.1. The number of pyridine rings is 4. The van der Waals surface area contributed by atoms with Crippen LogP contribution in [0.15, 0.2) is 138 Å². The highest BCUT2D eigenvalue weighted by Crippen LogP contribution is 2.49. The van der Waals surface area contributed by atoms with Crippen LogP contribution >= 0.6 is 46.4 Å².